The zero-order chi connectivity index (χ0) is 20.9. The van der Waals surface area contributed by atoms with E-state index >= 15 is 0 Å². The van der Waals surface area contributed by atoms with Crippen molar-refractivity contribution in [1.82, 2.24) is 10.2 Å². The Bertz CT molecular complexity index is 1020. The van der Waals surface area contributed by atoms with Crippen LogP contribution < -0.4 is 5.32 Å². The first-order valence-electron chi connectivity index (χ1n) is 10.1. The second kappa shape index (κ2) is 8.93. The molecule has 0 saturated heterocycles. The maximum atomic E-state index is 13.4. The number of carbonyl (C=O) groups is 2. The molecule has 0 fully saturated rings. The molecule has 3 aromatic rings. The predicted octanol–water partition coefficient (Wildman–Crippen LogP) is 3.10. The van der Waals surface area contributed by atoms with Gasteiger partial charge in [0.15, 0.2) is 0 Å². The molecule has 4 rings (SSSR count). The van der Waals surface area contributed by atoms with Crippen molar-refractivity contribution in [1.29, 1.82) is 0 Å². The minimum absolute atomic E-state index is 0.154. The Hall–Kier alpha value is -3.44. The largest absolute Gasteiger partial charge is 0.394 e. The highest BCUT2D eigenvalue weighted by Crippen LogP contribution is 2.31. The molecule has 1 heterocycles. The maximum Gasteiger partial charge on any atom is 0.255 e. The van der Waals surface area contributed by atoms with E-state index in [4.69, 9.17) is 0 Å². The predicted molar refractivity (Wildman–Crippen MR) is 115 cm³/mol. The van der Waals surface area contributed by atoms with Crippen molar-refractivity contribution < 1.29 is 14.7 Å². The number of hydrogen-bond donors (Lipinski definition) is 2. The van der Waals surface area contributed by atoms with Crippen molar-refractivity contribution >= 4 is 11.8 Å². The van der Waals surface area contributed by atoms with E-state index in [1.54, 1.807) is 11.0 Å². The molecule has 3 aromatic carbocycles. The lowest BCUT2D eigenvalue weighted by Gasteiger charge is -2.29. The minimum atomic E-state index is -0.768. The van der Waals surface area contributed by atoms with Gasteiger partial charge in [0, 0.05) is 12.1 Å². The Morgan fingerprint density at radius 1 is 0.933 bits per heavy atom. The molecule has 0 radical (unpaired) electrons. The van der Waals surface area contributed by atoms with Gasteiger partial charge in [-0.25, -0.2) is 0 Å². The molecule has 2 atom stereocenters. The van der Waals surface area contributed by atoms with Crippen molar-refractivity contribution in [3.05, 3.63) is 107 Å². The lowest BCUT2D eigenvalue weighted by molar-refractivity contribution is -0.127. The number of nitrogens with one attached hydrogen (secondary N) is 1. The molecule has 5 heteroatoms. The van der Waals surface area contributed by atoms with Crippen LogP contribution in [0.15, 0.2) is 84.9 Å². The molecule has 1 aliphatic heterocycles. The Morgan fingerprint density at radius 2 is 1.57 bits per heavy atom. The van der Waals surface area contributed by atoms with E-state index in [1.165, 1.54) is 0 Å². The van der Waals surface area contributed by atoms with Gasteiger partial charge in [-0.1, -0.05) is 78.9 Å². The molecule has 2 N–H and O–H groups in total. The molecule has 1 aliphatic rings. The summed E-state index contributed by atoms with van der Waals surface area (Å²) in [5, 5.41) is 12.8. The third-order valence-corrected chi connectivity index (χ3v) is 5.42. The van der Waals surface area contributed by atoms with Gasteiger partial charge >= 0.3 is 0 Å². The summed E-state index contributed by atoms with van der Waals surface area (Å²) in [5.41, 5.74) is 3.32. The van der Waals surface area contributed by atoms with E-state index in [2.05, 4.69) is 5.32 Å². The van der Waals surface area contributed by atoms with Crippen molar-refractivity contribution in [2.24, 2.45) is 0 Å². The number of aliphatic hydroxyl groups is 1. The number of hydrogen-bond acceptors (Lipinski definition) is 3. The maximum absolute atomic E-state index is 13.4. The molecule has 0 saturated carbocycles. The van der Waals surface area contributed by atoms with Crippen LogP contribution in [-0.4, -0.2) is 34.5 Å². The minimum Gasteiger partial charge on any atom is -0.394 e. The second-order valence-corrected chi connectivity index (χ2v) is 7.48. The van der Waals surface area contributed by atoms with Gasteiger partial charge in [-0.05, 0) is 29.2 Å². The number of carbonyl (C=O) groups excluding carboxylic acids is 2. The van der Waals surface area contributed by atoms with Crippen LogP contribution in [-0.2, 0) is 17.8 Å². The summed E-state index contributed by atoms with van der Waals surface area (Å²) < 4.78 is 0. The highest BCUT2D eigenvalue weighted by molar-refractivity contribution is 6.01. The molecule has 5 nitrogen and oxygen atoms in total. The summed E-state index contributed by atoms with van der Waals surface area (Å²) in [6, 6.07) is 25.2. The molecule has 2 amide bonds. The molecule has 2 unspecified atom stereocenters. The third-order valence-electron chi connectivity index (χ3n) is 5.42. The summed E-state index contributed by atoms with van der Waals surface area (Å²) in [4.78, 5) is 28.0. The van der Waals surface area contributed by atoms with E-state index in [0.717, 1.165) is 16.7 Å². The van der Waals surface area contributed by atoms with Gasteiger partial charge in [0.2, 0.25) is 5.91 Å². The highest BCUT2D eigenvalue weighted by atomic mass is 16.3. The summed E-state index contributed by atoms with van der Waals surface area (Å²) in [7, 11) is 0. The molecular formula is C25H24N2O3. The van der Waals surface area contributed by atoms with Crippen molar-refractivity contribution in [3.8, 4) is 0 Å². The monoisotopic (exact) mass is 400 g/mol. The smallest absolute Gasteiger partial charge is 0.255 e. The highest BCUT2D eigenvalue weighted by Gasteiger charge is 2.37. The van der Waals surface area contributed by atoms with Crippen molar-refractivity contribution in [2.45, 2.75) is 25.0 Å². The van der Waals surface area contributed by atoms with Gasteiger partial charge in [-0.2, -0.15) is 0 Å². The zero-order valence-electron chi connectivity index (χ0n) is 16.6. The van der Waals surface area contributed by atoms with Crippen LogP contribution in [0.4, 0.5) is 0 Å². The Morgan fingerprint density at radius 3 is 2.23 bits per heavy atom. The SMILES string of the molecule is O=C(NC(CO)Cc1ccccc1)C(c1ccccc1)N1Cc2ccccc2C1=O. The molecule has 152 valence electrons. The van der Waals surface area contributed by atoms with E-state index in [0.29, 0.717) is 18.5 Å². The van der Waals surface area contributed by atoms with Gasteiger partial charge in [0.25, 0.3) is 5.91 Å². The summed E-state index contributed by atoms with van der Waals surface area (Å²) in [5.74, 6) is -0.449. The Labute approximate surface area is 176 Å². The molecule has 30 heavy (non-hydrogen) atoms. The van der Waals surface area contributed by atoms with Crippen LogP contribution >= 0.6 is 0 Å². The van der Waals surface area contributed by atoms with E-state index < -0.39 is 12.1 Å². The van der Waals surface area contributed by atoms with Gasteiger partial charge in [0.1, 0.15) is 6.04 Å². The number of rotatable bonds is 7. The first kappa shape index (κ1) is 19.9. The second-order valence-electron chi connectivity index (χ2n) is 7.48. The van der Waals surface area contributed by atoms with E-state index in [-0.39, 0.29) is 18.4 Å². The van der Waals surface area contributed by atoms with Crippen LogP contribution in [0.3, 0.4) is 0 Å². The molecule has 0 aliphatic carbocycles. The molecule has 0 spiro atoms. The van der Waals surface area contributed by atoms with Crippen molar-refractivity contribution in [2.75, 3.05) is 6.61 Å². The standard InChI is InChI=1S/C25H24N2O3/c28-17-21(15-18-9-3-1-4-10-18)26-24(29)23(19-11-5-2-6-12-19)27-16-20-13-7-8-14-22(20)25(27)30/h1-14,21,23,28H,15-17H2,(H,26,29). The lowest BCUT2D eigenvalue weighted by Crippen LogP contribution is -2.46. The fourth-order valence-electron chi connectivity index (χ4n) is 3.93. The quantitative estimate of drug-likeness (QED) is 0.640. The van der Waals surface area contributed by atoms with Crippen LogP contribution in [0.1, 0.15) is 33.1 Å². The number of aliphatic hydroxyl groups excluding tert-OH is 1. The summed E-state index contributed by atoms with van der Waals surface area (Å²) in [6.45, 7) is 0.195. The third kappa shape index (κ3) is 4.11. The average Bonchev–Trinajstić information content (AvgIpc) is 3.11. The van der Waals surface area contributed by atoms with Crippen LogP contribution in [0, 0.1) is 0 Å². The van der Waals surface area contributed by atoms with Gasteiger partial charge in [-0.15, -0.1) is 0 Å². The fraction of sp³-hybridized carbons (Fsp3) is 0.200. The van der Waals surface area contributed by atoms with Crippen LogP contribution in [0.2, 0.25) is 0 Å². The van der Waals surface area contributed by atoms with Crippen LogP contribution in [0.5, 0.6) is 0 Å². The Kier molecular flexibility index (Phi) is 5.91. The lowest BCUT2D eigenvalue weighted by atomic mass is 10.0. The van der Waals surface area contributed by atoms with E-state index in [1.807, 2.05) is 78.9 Å². The number of benzene rings is 3. The summed E-state index contributed by atoms with van der Waals surface area (Å²) in [6.07, 6.45) is 0.513. The molecular weight excluding hydrogens is 376 g/mol. The fourth-order valence-corrected chi connectivity index (χ4v) is 3.93. The first-order valence-corrected chi connectivity index (χ1v) is 10.1. The number of amides is 2. The van der Waals surface area contributed by atoms with Gasteiger partial charge in [0.05, 0.1) is 12.6 Å². The number of fused-ring (bicyclic) bond motifs is 1. The van der Waals surface area contributed by atoms with Crippen LogP contribution in [0.25, 0.3) is 0 Å². The average molecular weight is 400 g/mol. The van der Waals surface area contributed by atoms with E-state index in [9.17, 15) is 14.7 Å². The molecule has 0 bridgehead atoms. The van der Waals surface area contributed by atoms with Crippen molar-refractivity contribution in [3.63, 3.8) is 0 Å². The topological polar surface area (TPSA) is 69.6 Å². The Balaban J connectivity index is 1.59. The van der Waals surface area contributed by atoms with Gasteiger partial charge < -0.3 is 15.3 Å². The first-order chi connectivity index (χ1) is 14.7. The zero-order valence-corrected chi connectivity index (χ0v) is 16.6. The molecule has 0 aromatic heterocycles. The number of nitrogens with zero attached hydrogens (tertiary/aromatic N) is 1. The van der Waals surface area contributed by atoms with Gasteiger partial charge in [-0.3, -0.25) is 9.59 Å². The summed E-state index contributed by atoms with van der Waals surface area (Å²) >= 11 is 0. The normalized spacial score (nSPS) is 14.8.